The number of hydrogen-bond acceptors (Lipinski definition) is 2. The minimum atomic E-state index is -0.605. The van der Waals surface area contributed by atoms with Crippen LogP contribution in [0, 0.1) is 5.92 Å². The smallest absolute Gasteiger partial charge is 0.332 e. The van der Waals surface area contributed by atoms with Gasteiger partial charge in [-0.05, 0) is 33.1 Å². The van der Waals surface area contributed by atoms with E-state index >= 15 is 0 Å². The van der Waals surface area contributed by atoms with Crippen molar-refractivity contribution < 1.29 is 4.79 Å². The summed E-state index contributed by atoms with van der Waals surface area (Å²) in [6, 6.07) is -0.605. The number of rotatable bonds is 2. The lowest BCUT2D eigenvalue weighted by atomic mass is 9.87. The van der Waals surface area contributed by atoms with E-state index in [1.54, 1.807) is 0 Å². The van der Waals surface area contributed by atoms with E-state index in [0.29, 0.717) is 5.92 Å². The SMILES string of the molecule is CC1=CCC(/C(C)=N/NC(N)=O)CC1. The quantitative estimate of drug-likeness (QED) is 0.393. The van der Waals surface area contributed by atoms with Crippen LogP contribution in [-0.4, -0.2) is 11.7 Å². The van der Waals surface area contributed by atoms with E-state index in [-0.39, 0.29) is 0 Å². The van der Waals surface area contributed by atoms with Crippen LogP contribution in [-0.2, 0) is 0 Å². The predicted octanol–water partition coefficient (Wildman–Crippen LogP) is 1.78. The summed E-state index contributed by atoms with van der Waals surface area (Å²) in [6.45, 7) is 4.07. The van der Waals surface area contributed by atoms with Crippen molar-refractivity contribution in [1.82, 2.24) is 5.43 Å². The molecule has 0 aliphatic heterocycles. The number of hydrazone groups is 1. The van der Waals surface area contributed by atoms with Gasteiger partial charge in [0, 0.05) is 11.6 Å². The van der Waals surface area contributed by atoms with Crippen molar-refractivity contribution in [3.8, 4) is 0 Å². The van der Waals surface area contributed by atoms with Gasteiger partial charge in [0.15, 0.2) is 0 Å². The largest absolute Gasteiger partial charge is 0.350 e. The summed E-state index contributed by atoms with van der Waals surface area (Å²) in [5, 5.41) is 3.94. The Kier molecular flexibility index (Phi) is 3.68. The summed E-state index contributed by atoms with van der Waals surface area (Å²) in [5.41, 5.74) is 9.58. The number of amides is 2. The van der Waals surface area contributed by atoms with Crippen LogP contribution in [0.1, 0.15) is 33.1 Å². The number of allylic oxidation sites excluding steroid dienone is 2. The lowest BCUT2D eigenvalue weighted by Gasteiger charge is -2.19. The fraction of sp³-hybridized carbons (Fsp3) is 0.600. The highest BCUT2D eigenvalue weighted by atomic mass is 16.2. The highest BCUT2D eigenvalue weighted by Gasteiger charge is 2.15. The number of urea groups is 1. The van der Waals surface area contributed by atoms with Crippen LogP contribution < -0.4 is 11.2 Å². The van der Waals surface area contributed by atoms with Gasteiger partial charge in [-0.2, -0.15) is 5.10 Å². The summed E-state index contributed by atoms with van der Waals surface area (Å²) in [6.07, 6.45) is 5.48. The highest BCUT2D eigenvalue weighted by molar-refractivity contribution is 5.86. The Morgan fingerprint density at radius 3 is 2.93 bits per heavy atom. The Morgan fingerprint density at radius 1 is 1.71 bits per heavy atom. The van der Waals surface area contributed by atoms with Crippen molar-refractivity contribution >= 4 is 11.7 Å². The first-order valence-corrected chi connectivity index (χ1v) is 4.85. The Hall–Kier alpha value is -1.32. The summed E-state index contributed by atoms with van der Waals surface area (Å²) < 4.78 is 0. The Balaban J connectivity index is 2.49. The first-order chi connectivity index (χ1) is 6.59. The molecule has 1 aliphatic rings. The maximum Gasteiger partial charge on any atom is 0.332 e. The summed E-state index contributed by atoms with van der Waals surface area (Å²) in [5.74, 6) is 0.450. The van der Waals surface area contributed by atoms with Gasteiger partial charge in [0.1, 0.15) is 0 Å². The zero-order chi connectivity index (χ0) is 10.6. The Bertz CT molecular complexity index is 281. The Labute approximate surface area is 84.2 Å². The summed E-state index contributed by atoms with van der Waals surface area (Å²) >= 11 is 0. The first kappa shape index (κ1) is 10.8. The average Bonchev–Trinajstić information content (AvgIpc) is 2.15. The van der Waals surface area contributed by atoms with E-state index in [1.807, 2.05) is 6.92 Å². The van der Waals surface area contributed by atoms with E-state index in [1.165, 1.54) is 5.57 Å². The molecule has 4 heteroatoms. The second kappa shape index (κ2) is 4.79. The molecule has 0 saturated heterocycles. The molecule has 0 spiro atoms. The number of hydrogen-bond donors (Lipinski definition) is 2. The second-order valence-electron chi connectivity index (χ2n) is 3.75. The maximum atomic E-state index is 10.4. The van der Waals surface area contributed by atoms with Crippen LogP contribution in [0.5, 0.6) is 0 Å². The predicted molar refractivity (Wildman–Crippen MR) is 56.9 cm³/mol. The van der Waals surface area contributed by atoms with Gasteiger partial charge in [0.05, 0.1) is 0 Å². The van der Waals surface area contributed by atoms with Gasteiger partial charge in [0.25, 0.3) is 0 Å². The number of nitrogens with two attached hydrogens (primary N) is 1. The van der Waals surface area contributed by atoms with Gasteiger partial charge >= 0.3 is 6.03 Å². The van der Waals surface area contributed by atoms with Crippen molar-refractivity contribution in [2.45, 2.75) is 33.1 Å². The van der Waals surface area contributed by atoms with Crippen LogP contribution in [0.3, 0.4) is 0 Å². The maximum absolute atomic E-state index is 10.4. The molecule has 0 bridgehead atoms. The van der Waals surface area contributed by atoms with Crippen LogP contribution >= 0.6 is 0 Å². The number of carbonyl (C=O) groups excluding carboxylic acids is 1. The van der Waals surface area contributed by atoms with Gasteiger partial charge in [-0.15, -0.1) is 0 Å². The third kappa shape index (κ3) is 3.20. The normalized spacial score (nSPS) is 22.9. The molecular weight excluding hydrogens is 178 g/mol. The molecule has 0 aromatic carbocycles. The van der Waals surface area contributed by atoms with E-state index < -0.39 is 6.03 Å². The third-order valence-electron chi connectivity index (χ3n) is 2.57. The van der Waals surface area contributed by atoms with Crippen LogP contribution in [0.2, 0.25) is 0 Å². The van der Waals surface area contributed by atoms with Crippen LogP contribution in [0.25, 0.3) is 0 Å². The fourth-order valence-corrected chi connectivity index (χ4v) is 1.58. The minimum Gasteiger partial charge on any atom is -0.350 e. The van der Waals surface area contributed by atoms with Crippen molar-refractivity contribution in [1.29, 1.82) is 0 Å². The van der Waals surface area contributed by atoms with Gasteiger partial charge in [0.2, 0.25) is 0 Å². The molecule has 0 heterocycles. The molecule has 14 heavy (non-hydrogen) atoms. The summed E-state index contributed by atoms with van der Waals surface area (Å²) in [4.78, 5) is 10.4. The molecule has 4 nitrogen and oxygen atoms in total. The molecule has 0 radical (unpaired) electrons. The standard InChI is InChI=1S/C10H17N3O/c1-7-3-5-9(6-4-7)8(2)12-13-10(11)14/h3,9H,4-6H2,1-2H3,(H3,11,13,14)/b12-8+. The lowest BCUT2D eigenvalue weighted by molar-refractivity contribution is 0.249. The highest BCUT2D eigenvalue weighted by Crippen LogP contribution is 2.23. The van der Waals surface area contributed by atoms with Crippen LogP contribution in [0.15, 0.2) is 16.8 Å². The molecule has 1 rings (SSSR count). The van der Waals surface area contributed by atoms with Gasteiger partial charge < -0.3 is 5.73 Å². The molecule has 1 aliphatic carbocycles. The third-order valence-corrected chi connectivity index (χ3v) is 2.57. The minimum absolute atomic E-state index is 0.450. The summed E-state index contributed by atoms with van der Waals surface area (Å²) in [7, 11) is 0. The molecule has 0 fully saturated rings. The number of nitrogens with zero attached hydrogens (tertiary/aromatic N) is 1. The average molecular weight is 195 g/mol. The lowest BCUT2D eigenvalue weighted by Crippen LogP contribution is -2.27. The van der Waals surface area contributed by atoms with Crippen LogP contribution in [0.4, 0.5) is 4.79 Å². The first-order valence-electron chi connectivity index (χ1n) is 4.85. The molecule has 78 valence electrons. The van der Waals surface area contributed by atoms with E-state index in [2.05, 4.69) is 23.5 Å². The number of carbonyl (C=O) groups is 1. The number of nitrogens with one attached hydrogen (secondary N) is 1. The Morgan fingerprint density at radius 2 is 2.43 bits per heavy atom. The molecule has 1 unspecified atom stereocenters. The van der Waals surface area contributed by atoms with Gasteiger partial charge in [-0.3, -0.25) is 0 Å². The molecule has 2 amide bonds. The zero-order valence-electron chi connectivity index (χ0n) is 8.71. The van der Waals surface area contributed by atoms with Crippen molar-refractivity contribution in [2.24, 2.45) is 16.8 Å². The van der Waals surface area contributed by atoms with Gasteiger partial charge in [-0.25, -0.2) is 10.2 Å². The second-order valence-corrected chi connectivity index (χ2v) is 3.75. The monoisotopic (exact) mass is 195 g/mol. The van der Waals surface area contributed by atoms with Crippen molar-refractivity contribution in [3.05, 3.63) is 11.6 Å². The molecule has 0 aromatic heterocycles. The van der Waals surface area contributed by atoms with E-state index in [4.69, 9.17) is 5.73 Å². The zero-order valence-corrected chi connectivity index (χ0v) is 8.71. The van der Waals surface area contributed by atoms with Gasteiger partial charge in [-0.1, -0.05) is 11.6 Å². The molecule has 0 saturated carbocycles. The molecule has 0 aromatic rings. The fourth-order valence-electron chi connectivity index (χ4n) is 1.58. The van der Waals surface area contributed by atoms with Crippen molar-refractivity contribution in [3.63, 3.8) is 0 Å². The topological polar surface area (TPSA) is 67.5 Å². The molecule has 1 atom stereocenters. The van der Waals surface area contributed by atoms with E-state index in [9.17, 15) is 4.79 Å². The van der Waals surface area contributed by atoms with Crippen molar-refractivity contribution in [2.75, 3.05) is 0 Å². The molecular formula is C10H17N3O. The molecule has 3 N–H and O–H groups in total. The number of primary amides is 1. The van der Waals surface area contributed by atoms with E-state index in [0.717, 1.165) is 25.0 Å².